The Morgan fingerprint density at radius 2 is 2.11 bits per heavy atom. The molecule has 2 unspecified atom stereocenters. The number of rotatable bonds is 3. The van der Waals surface area contributed by atoms with Crippen LogP contribution in [0.25, 0.3) is 10.8 Å². The lowest BCUT2D eigenvalue weighted by molar-refractivity contribution is 0.183. The summed E-state index contributed by atoms with van der Waals surface area (Å²) >= 11 is 6.07. The molecule has 0 radical (unpaired) electrons. The second kappa shape index (κ2) is 5.31. The van der Waals surface area contributed by atoms with E-state index in [2.05, 4.69) is 22.4 Å². The van der Waals surface area contributed by atoms with Crippen LogP contribution < -0.4 is 5.32 Å². The van der Waals surface area contributed by atoms with Crippen LogP contribution in [-0.4, -0.2) is 29.5 Å². The molecule has 1 N–H and O–H groups in total. The Morgan fingerprint density at radius 1 is 1.32 bits per heavy atom. The Morgan fingerprint density at radius 3 is 2.84 bits per heavy atom. The Labute approximate surface area is 117 Å². The van der Waals surface area contributed by atoms with Crippen LogP contribution in [0.4, 0.5) is 5.82 Å². The van der Waals surface area contributed by atoms with Gasteiger partial charge in [-0.15, -0.1) is 10.2 Å². The van der Waals surface area contributed by atoms with E-state index in [-0.39, 0.29) is 0 Å². The van der Waals surface area contributed by atoms with Gasteiger partial charge in [0.2, 0.25) is 0 Å². The van der Waals surface area contributed by atoms with E-state index in [1.54, 1.807) is 0 Å². The predicted molar refractivity (Wildman–Crippen MR) is 76.6 cm³/mol. The van der Waals surface area contributed by atoms with Gasteiger partial charge in [-0.05, 0) is 13.3 Å². The van der Waals surface area contributed by atoms with Crippen molar-refractivity contribution in [3.8, 4) is 0 Å². The van der Waals surface area contributed by atoms with Crippen molar-refractivity contribution < 1.29 is 4.74 Å². The molecule has 5 heteroatoms. The summed E-state index contributed by atoms with van der Waals surface area (Å²) in [4.78, 5) is 0. The molecule has 1 fully saturated rings. The summed E-state index contributed by atoms with van der Waals surface area (Å²) in [7, 11) is 0. The smallest absolute Gasteiger partial charge is 0.159 e. The maximum absolute atomic E-state index is 6.07. The lowest BCUT2D eigenvalue weighted by atomic mass is 10.0. The van der Waals surface area contributed by atoms with Gasteiger partial charge in [-0.3, -0.25) is 0 Å². The molecule has 1 saturated heterocycles. The molecule has 0 spiro atoms. The van der Waals surface area contributed by atoms with Crippen LogP contribution in [0.3, 0.4) is 0 Å². The second-order valence-electron chi connectivity index (χ2n) is 4.94. The van der Waals surface area contributed by atoms with E-state index < -0.39 is 0 Å². The first kappa shape index (κ1) is 12.6. The molecule has 1 aromatic carbocycles. The first-order valence-corrected chi connectivity index (χ1v) is 6.88. The summed E-state index contributed by atoms with van der Waals surface area (Å²) in [5.41, 5.74) is 0. The van der Waals surface area contributed by atoms with Gasteiger partial charge >= 0.3 is 0 Å². The third-order valence-corrected chi connectivity index (χ3v) is 3.96. The summed E-state index contributed by atoms with van der Waals surface area (Å²) in [5.74, 6) is 1.32. The Kier molecular flexibility index (Phi) is 3.53. The number of hydrogen-bond donors (Lipinski definition) is 1. The molecule has 3 rings (SSSR count). The molecule has 4 nitrogen and oxygen atoms in total. The highest BCUT2D eigenvalue weighted by Gasteiger charge is 2.23. The maximum Gasteiger partial charge on any atom is 0.159 e. The number of hydrogen-bond acceptors (Lipinski definition) is 4. The van der Waals surface area contributed by atoms with Gasteiger partial charge in [0, 0.05) is 29.3 Å². The number of benzene rings is 1. The molecule has 0 amide bonds. The summed E-state index contributed by atoms with van der Waals surface area (Å²) in [6.07, 6.45) is 1.09. The largest absolute Gasteiger partial charge is 0.381 e. The van der Waals surface area contributed by atoms with Crippen molar-refractivity contribution in [2.24, 2.45) is 5.92 Å². The van der Waals surface area contributed by atoms with Crippen LogP contribution in [-0.2, 0) is 4.74 Å². The SMILES string of the molecule is CC(Nc1nnc(Cl)c2ccccc12)C1CCOC1. The van der Waals surface area contributed by atoms with Gasteiger partial charge in [0.1, 0.15) is 0 Å². The molecule has 2 aromatic rings. The zero-order chi connectivity index (χ0) is 13.2. The first-order chi connectivity index (χ1) is 9.25. The van der Waals surface area contributed by atoms with E-state index >= 15 is 0 Å². The molecule has 0 bridgehead atoms. The van der Waals surface area contributed by atoms with Crippen LogP contribution in [0.5, 0.6) is 0 Å². The van der Waals surface area contributed by atoms with Crippen molar-refractivity contribution in [1.29, 1.82) is 0 Å². The van der Waals surface area contributed by atoms with Crippen LogP contribution in [0.2, 0.25) is 5.15 Å². The van der Waals surface area contributed by atoms with Gasteiger partial charge in [0.15, 0.2) is 11.0 Å². The highest BCUT2D eigenvalue weighted by atomic mass is 35.5. The molecule has 100 valence electrons. The van der Waals surface area contributed by atoms with Gasteiger partial charge in [-0.1, -0.05) is 35.9 Å². The number of fused-ring (bicyclic) bond motifs is 1. The van der Waals surface area contributed by atoms with Gasteiger partial charge < -0.3 is 10.1 Å². The first-order valence-electron chi connectivity index (χ1n) is 6.51. The molecule has 1 aliphatic rings. The van der Waals surface area contributed by atoms with Crippen molar-refractivity contribution >= 4 is 28.2 Å². The number of nitrogens with zero attached hydrogens (tertiary/aromatic N) is 2. The fourth-order valence-corrected chi connectivity index (χ4v) is 2.66. The van der Waals surface area contributed by atoms with E-state index in [0.717, 1.165) is 36.2 Å². The monoisotopic (exact) mass is 277 g/mol. The zero-order valence-electron chi connectivity index (χ0n) is 10.8. The Bertz CT molecular complexity index is 584. The van der Waals surface area contributed by atoms with E-state index in [1.807, 2.05) is 24.3 Å². The van der Waals surface area contributed by atoms with Gasteiger partial charge in [-0.25, -0.2) is 0 Å². The van der Waals surface area contributed by atoms with Gasteiger partial charge in [0.05, 0.1) is 6.61 Å². The number of halogens is 1. The molecule has 2 atom stereocenters. The van der Waals surface area contributed by atoms with E-state index in [4.69, 9.17) is 16.3 Å². The van der Waals surface area contributed by atoms with Gasteiger partial charge in [-0.2, -0.15) is 0 Å². The van der Waals surface area contributed by atoms with Crippen LogP contribution in [0, 0.1) is 5.92 Å². The summed E-state index contributed by atoms with van der Waals surface area (Å²) in [6.45, 7) is 3.82. The molecule has 1 aliphatic heterocycles. The summed E-state index contributed by atoms with van der Waals surface area (Å²) < 4.78 is 5.43. The number of aromatic nitrogens is 2. The molecule has 1 aromatic heterocycles. The molecule has 2 heterocycles. The van der Waals surface area contributed by atoms with Crippen molar-refractivity contribution in [1.82, 2.24) is 10.2 Å². The fourth-order valence-electron chi connectivity index (χ4n) is 2.46. The zero-order valence-corrected chi connectivity index (χ0v) is 11.5. The van der Waals surface area contributed by atoms with Crippen LogP contribution >= 0.6 is 11.6 Å². The van der Waals surface area contributed by atoms with E-state index in [1.165, 1.54) is 0 Å². The number of anilines is 1. The molecule has 0 aliphatic carbocycles. The normalized spacial score (nSPS) is 20.6. The number of nitrogens with one attached hydrogen (secondary N) is 1. The topological polar surface area (TPSA) is 47.0 Å². The molecule has 0 saturated carbocycles. The van der Waals surface area contributed by atoms with Crippen molar-refractivity contribution in [3.63, 3.8) is 0 Å². The fraction of sp³-hybridized carbons (Fsp3) is 0.429. The quantitative estimate of drug-likeness (QED) is 0.936. The lowest BCUT2D eigenvalue weighted by Crippen LogP contribution is -2.26. The third kappa shape index (κ3) is 2.51. The average Bonchev–Trinajstić information content (AvgIpc) is 2.96. The minimum absolute atomic E-state index is 0.307. The third-order valence-electron chi connectivity index (χ3n) is 3.68. The summed E-state index contributed by atoms with van der Waals surface area (Å²) in [6, 6.07) is 8.21. The van der Waals surface area contributed by atoms with Crippen molar-refractivity contribution in [2.45, 2.75) is 19.4 Å². The van der Waals surface area contributed by atoms with Crippen molar-refractivity contribution in [2.75, 3.05) is 18.5 Å². The minimum atomic E-state index is 0.307. The van der Waals surface area contributed by atoms with Crippen LogP contribution in [0.15, 0.2) is 24.3 Å². The van der Waals surface area contributed by atoms with Crippen LogP contribution in [0.1, 0.15) is 13.3 Å². The lowest BCUT2D eigenvalue weighted by Gasteiger charge is -2.20. The van der Waals surface area contributed by atoms with Gasteiger partial charge in [0.25, 0.3) is 0 Å². The maximum atomic E-state index is 6.07. The summed E-state index contributed by atoms with van der Waals surface area (Å²) in [5, 5.41) is 14.0. The Balaban J connectivity index is 1.90. The predicted octanol–water partition coefficient (Wildman–Crippen LogP) is 3.12. The molecule has 19 heavy (non-hydrogen) atoms. The van der Waals surface area contributed by atoms with E-state index in [9.17, 15) is 0 Å². The Hall–Kier alpha value is -1.39. The van der Waals surface area contributed by atoms with Crippen molar-refractivity contribution in [3.05, 3.63) is 29.4 Å². The highest BCUT2D eigenvalue weighted by Crippen LogP contribution is 2.27. The van der Waals surface area contributed by atoms with E-state index in [0.29, 0.717) is 17.1 Å². The minimum Gasteiger partial charge on any atom is -0.381 e. The average molecular weight is 278 g/mol. The molecular formula is C14H16ClN3O. The second-order valence-corrected chi connectivity index (χ2v) is 5.30. The number of ether oxygens (including phenoxy) is 1. The molecular weight excluding hydrogens is 262 g/mol. The highest BCUT2D eigenvalue weighted by molar-refractivity contribution is 6.34. The standard InChI is InChI=1S/C14H16ClN3O/c1-9(10-6-7-19-8-10)16-14-12-5-3-2-4-11(12)13(15)17-18-14/h2-5,9-10H,6-8H2,1H3,(H,16,18).